The van der Waals surface area contributed by atoms with Gasteiger partial charge in [0.1, 0.15) is 24.8 Å². The van der Waals surface area contributed by atoms with E-state index in [1.807, 2.05) is 31.2 Å². The summed E-state index contributed by atoms with van der Waals surface area (Å²) in [5.74, 6) is 2.79. The minimum atomic E-state index is -0.213. The number of hydrogen-bond donors (Lipinski definition) is 3. The molecule has 1 aliphatic heterocycles. The van der Waals surface area contributed by atoms with Gasteiger partial charge in [-0.1, -0.05) is 12.1 Å². The Kier molecular flexibility index (Phi) is 5.88. The highest BCUT2D eigenvalue weighted by atomic mass is 16.6. The number of nitrogens with zero attached hydrogens (tertiary/aromatic N) is 3. The zero-order valence-electron chi connectivity index (χ0n) is 16.5. The molecule has 0 saturated carbocycles. The van der Waals surface area contributed by atoms with Crippen LogP contribution in [-0.4, -0.2) is 47.4 Å². The number of para-hydroxylation sites is 1. The summed E-state index contributed by atoms with van der Waals surface area (Å²) in [4.78, 5) is 16.7. The van der Waals surface area contributed by atoms with Crippen LogP contribution in [0.25, 0.3) is 0 Å². The fraction of sp³-hybridized carbons (Fsp3) is 0.238. The van der Waals surface area contributed by atoms with Crippen molar-refractivity contribution in [3.8, 4) is 11.5 Å². The number of carbonyl (C=O) groups excluding carboxylic acids is 1. The van der Waals surface area contributed by atoms with Crippen molar-refractivity contribution >= 4 is 23.4 Å². The standard InChI is InChI=1S/C21H22N6O3/c1-14-5-6-17(24-13-14)25-19-8-7-18(26-27-19)22-9-10-23-21(28)15-3-2-4-16-20(15)30-12-11-29-16/h2-8,13H,9-12H2,1H3,(H,22,26)(H,23,28)(H,24,25,27). The molecule has 2 aromatic heterocycles. The van der Waals surface area contributed by atoms with Gasteiger partial charge in [0.25, 0.3) is 5.91 Å². The lowest BCUT2D eigenvalue weighted by atomic mass is 10.1. The lowest BCUT2D eigenvalue weighted by Gasteiger charge is -2.20. The molecule has 154 valence electrons. The largest absolute Gasteiger partial charge is 0.486 e. The number of pyridine rings is 1. The molecule has 1 aliphatic rings. The van der Waals surface area contributed by atoms with E-state index in [0.717, 1.165) is 5.56 Å². The van der Waals surface area contributed by atoms with Crippen LogP contribution in [0.1, 0.15) is 15.9 Å². The van der Waals surface area contributed by atoms with Crippen molar-refractivity contribution in [2.24, 2.45) is 0 Å². The van der Waals surface area contributed by atoms with Crippen LogP contribution in [0.3, 0.4) is 0 Å². The summed E-state index contributed by atoms with van der Waals surface area (Å²) in [7, 11) is 0. The highest BCUT2D eigenvalue weighted by molar-refractivity contribution is 5.97. The normalized spacial score (nSPS) is 12.2. The van der Waals surface area contributed by atoms with Gasteiger partial charge in [-0.3, -0.25) is 4.79 Å². The van der Waals surface area contributed by atoms with Crippen LogP contribution < -0.4 is 25.4 Å². The van der Waals surface area contributed by atoms with E-state index in [-0.39, 0.29) is 5.91 Å². The summed E-state index contributed by atoms with van der Waals surface area (Å²) in [6.07, 6.45) is 1.78. The van der Waals surface area contributed by atoms with Gasteiger partial charge in [-0.15, -0.1) is 10.2 Å². The van der Waals surface area contributed by atoms with E-state index in [2.05, 4.69) is 31.1 Å². The molecule has 0 spiro atoms. The summed E-state index contributed by atoms with van der Waals surface area (Å²) in [5.41, 5.74) is 1.55. The molecule has 0 unspecified atom stereocenters. The number of aromatic nitrogens is 3. The maximum atomic E-state index is 12.5. The summed E-state index contributed by atoms with van der Waals surface area (Å²) >= 11 is 0. The predicted octanol–water partition coefficient (Wildman–Crippen LogP) is 2.54. The minimum absolute atomic E-state index is 0.213. The van der Waals surface area contributed by atoms with Crippen LogP contribution in [-0.2, 0) is 0 Å². The SMILES string of the molecule is Cc1ccc(Nc2ccc(NCCNC(=O)c3cccc4c3OCCO4)nn2)nc1. The van der Waals surface area contributed by atoms with Crippen molar-refractivity contribution in [2.45, 2.75) is 6.92 Å². The number of anilines is 3. The molecule has 0 bridgehead atoms. The Balaban J connectivity index is 1.25. The molecule has 0 radical (unpaired) electrons. The van der Waals surface area contributed by atoms with Crippen LogP contribution >= 0.6 is 0 Å². The van der Waals surface area contributed by atoms with Crippen molar-refractivity contribution in [2.75, 3.05) is 36.9 Å². The monoisotopic (exact) mass is 406 g/mol. The molecule has 4 rings (SSSR count). The number of aryl methyl sites for hydroxylation is 1. The summed E-state index contributed by atoms with van der Waals surface area (Å²) in [6.45, 7) is 3.81. The number of benzene rings is 1. The number of carbonyl (C=O) groups is 1. The molecule has 0 atom stereocenters. The van der Waals surface area contributed by atoms with Crippen LogP contribution in [0.2, 0.25) is 0 Å². The zero-order valence-corrected chi connectivity index (χ0v) is 16.5. The third-order valence-corrected chi connectivity index (χ3v) is 4.36. The van der Waals surface area contributed by atoms with Gasteiger partial charge in [-0.2, -0.15) is 0 Å². The van der Waals surface area contributed by atoms with Crippen molar-refractivity contribution in [3.05, 3.63) is 59.8 Å². The summed E-state index contributed by atoms with van der Waals surface area (Å²) in [6, 6.07) is 12.8. The number of nitrogens with one attached hydrogen (secondary N) is 3. The van der Waals surface area contributed by atoms with Gasteiger partial charge in [0.2, 0.25) is 0 Å². The first-order valence-electron chi connectivity index (χ1n) is 9.63. The van der Waals surface area contributed by atoms with Gasteiger partial charge in [0.15, 0.2) is 17.3 Å². The number of ether oxygens (including phenoxy) is 2. The average molecular weight is 406 g/mol. The van der Waals surface area contributed by atoms with Crippen molar-refractivity contribution in [1.29, 1.82) is 0 Å². The number of amides is 1. The second kappa shape index (κ2) is 9.08. The van der Waals surface area contributed by atoms with Crippen molar-refractivity contribution < 1.29 is 14.3 Å². The van der Waals surface area contributed by atoms with Gasteiger partial charge in [-0.05, 0) is 42.8 Å². The first-order chi connectivity index (χ1) is 14.7. The van der Waals surface area contributed by atoms with Crippen molar-refractivity contribution in [1.82, 2.24) is 20.5 Å². The van der Waals surface area contributed by atoms with E-state index in [0.29, 0.717) is 60.8 Å². The van der Waals surface area contributed by atoms with Crippen LogP contribution in [0.15, 0.2) is 48.7 Å². The van der Waals surface area contributed by atoms with Crippen LogP contribution in [0.5, 0.6) is 11.5 Å². The van der Waals surface area contributed by atoms with Gasteiger partial charge in [0, 0.05) is 19.3 Å². The Bertz CT molecular complexity index is 1010. The van der Waals surface area contributed by atoms with Crippen LogP contribution in [0, 0.1) is 6.92 Å². The second-order valence-electron chi connectivity index (χ2n) is 6.66. The lowest BCUT2D eigenvalue weighted by Crippen LogP contribution is -2.30. The highest BCUT2D eigenvalue weighted by Gasteiger charge is 2.19. The average Bonchev–Trinajstić information content (AvgIpc) is 2.79. The molecule has 9 heteroatoms. The summed E-state index contributed by atoms with van der Waals surface area (Å²) in [5, 5.41) is 17.3. The second-order valence-corrected chi connectivity index (χ2v) is 6.66. The van der Waals surface area contributed by atoms with E-state index in [1.54, 1.807) is 24.4 Å². The van der Waals surface area contributed by atoms with E-state index in [1.165, 1.54) is 0 Å². The number of fused-ring (bicyclic) bond motifs is 1. The molecule has 1 amide bonds. The molecule has 3 aromatic rings. The zero-order chi connectivity index (χ0) is 20.8. The number of rotatable bonds is 7. The Labute approximate surface area is 173 Å². The van der Waals surface area contributed by atoms with Crippen LogP contribution in [0.4, 0.5) is 17.5 Å². The molecule has 0 saturated heterocycles. The Morgan fingerprint density at radius 2 is 1.77 bits per heavy atom. The Morgan fingerprint density at radius 3 is 2.57 bits per heavy atom. The fourth-order valence-electron chi connectivity index (χ4n) is 2.88. The minimum Gasteiger partial charge on any atom is -0.486 e. The molecule has 3 heterocycles. The molecule has 3 N–H and O–H groups in total. The number of hydrogen-bond acceptors (Lipinski definition) is 8. The van der Waals surface area contributed by atoms with E-state index in [9.17, 15) is 4.79 Å². The Morgan fingerprint density at radius 1 is 0.967 bits per heavy atom. The fourth-order valence-corrected chi connectivity index (χ4v) is 2.88. The van der Waals surface area contributed by atoms with Gasteiger partial charge >= 0.3 is 0 Å². The molecular weight excluding hydrogens is 384 g/mol. The third-order valence-electron chi connectivity index (χ3n) is 4.36. The molecule has 0 aliphatic carbocycles. The maximum absolute atomic E-state index is 12.5. The Hall–Kier alpha value is -3.88. The van der Waals surface area contributed by atoms with E-state index in [4.69, 9.17) is 9.47 Å². The highest BCUT2D eigenvalue weighted by Crippen LogP contribution is 2.33. The van der Waals surface area contributed by atoms with E-state index < -0.39 is 0 Å². The molecule has 1 aromatic carbocycles. The van der Waals surface area contributed by atoms with Crippen molar-refractivity contribution in [3.63, 3.8) is 0 Å². The predicted molar refractivity (Wildman–Crippen MR) is 113 cm³/mol. The molecule has 30 heavy (non-hydrogen) atoms. The van der Waals surface area contributed by atoms with E-state index >= 15 is 0 Å². The lowest BCUT2D eigenvalue weighted by molar-refractivity contribution is 0.0944. The van der Waals surface area contributed by atoms with Gasteiger partial charge in [-0.25, -0.2) is 4.98 Å². The first kappa shape index (κ1) is 19.4. The first-order valence-corrected chi connectivity index (χ1v) is 9.63. The third kappa shape index (κ3) is 4.75. The molecule has 0 fully saturated rings. The summed E-state index contributed by atoms with van der Waals surface area (Å²) < 4.78 is 11.1. The molecule has 9 nitrogen and oxygen atoms in total. The topological polar surface area (TPSA) is 110 Å². The smallest absolute Gasteiger partial charge is 0.255 e. The maximum Gasteiger partial charge on any atom is 0.255 e. The van der Waals surface area contributed by atoms with Gasteiger partial charge in [0.05, 0.1) is 5.56 Å². The quantitative estimate of drug-likeness (QED) is 0.514. The molecular formula is C21H22N6O3. The van der Waals surface area contributed by atoms with Gasteiger partial charge < -0.3 is 25.4 Å².